The average molecular weight is 222 g/mol. The lowest BCUT2D eigenvalue weighted by Gasteiger charge is -1.98. The Balaban J connectivity index is 0.000000980. The van der Waals surface area contributed by atoms with Crippen molar-refractivity contribution in [2.45, 2.75) is 0 Å². The molecule has 0 aromatic heterocycles. The van der Waals surface area contributed by atoms with Crippen molar-refractivity contribution in [1.29, 1.82) is 0 Å². The summed E-state index contributed by atoms with van der Waals surface area (Å²) in [7, 11) is 1.28. The molecule has 0 saturated carbocycles. The Morgan fingerprint density at radius 2 is 0.929 bits per heavy atom. The minimum atomic E-state index is 0. The van der Waals surface area contributed by atoms with E-state index in [0.717, 1.165) is 0 Å². The van der Waals surface area contributed by atoms with Gasteiger partial charge in [-0.05, 0) is 19.2 Å². The second-order valence-corrected chi connectivity index (χ2v) is 4.04. The number of hydrogen-bond acceptors (Lipinski definition) is 0. The summed E-state index contributed by atoms with van der Waals surface area (Å²) in [5.74, 6) is 0. The largest absolute Gasteiger partial charge is 0.147 e. The van der Waals surface area contributed by atoms with Crippen LogP contribution in [0.4, 0.5) is 0 Å². The van der Waals surface area contributed by atoms with Gasteiger partial charge in [0.2, 0.25) is 0 Å². The molecule has 0 unspecified atom stereocenters. The lowest BCUT2D eigenvalue weighted by atomic mass is 10.4. The van der Waals surface area contributed by atoms with E-state index in [4.69, 9.17) is 0 Å². The van der Waals surface area contributed by atoms with Crippen LogP contribution in [0.5, 0.6) is 0 Å². The van der Waals surface area contributed by atoms with Crippen LogP contribution in [0.1, 0.15) is 0 Å². The smallest absolute Gasteiger partial charge is 0.0100 e. The van der Waals surface area contributed by atoms with Crippen molar-refractivity contribution in [2.75, 3.05) is 0 Å². The summed E-state index contributed by atoms with van der Waals surface area (Å²) in [6.07, 6.45) is 0. The van der Waals surface area contributed by atoms with Gasteiger partial charge >= 0.3 is 0 Å². The SMILES string of the molecule is Cl.c1ccc([P]c2ccccc2)cc1. The quantitative estimate of drug-likeness (QED) is 0.684. The number of hydrogen-bond donors (Lipinski definition) is 0. The van der Waals surface area contributed by atoms with Gasteiger partial charge in [0.05, 0.1) is 0 Å². The molecule has 0 aliphatic rings. The third-order valence-electron chi connectivity index (χ3n) is 1.77. The fourth-order valence-corrected chi connectivity index (χ4v) is 2.09. The molecule has 0 amide bonds. The lowest BCUT2D eigenvalue weighted by molar-refractivity contribution is 1.76. The van der Waals surface area contributed by atoms with Crippen LogP contribution in [-0.2, 0) is 0 Å². The third kappa shape index (κ3) is 3.14. The molecule has 0 N–H and O–H groups in total. The second kappa shape index (κ2) is 5.80. The molecule has 0 heterocycles. The summed E-state index contributed by atoms with van der Waals surface area (Å²) in [6.45, 7) is 0. The van der Waals surface area contributed by atoms with E-state index in [1.165, 1.54) is 19.2 Å². The molecule has 0 aliphatic carbocycles. The first-order chi connectivity index (χ1) is 6.45. The van der Waals surface area contributed by atoms with E-state index >= 15 is 0 Å². The molecule has 0 spiro atoms. The molecule has 0 saturated heterocycles. The van der Waals surface area contributed by atoms with E-state index in [1.807, 2.05) is 12.1 Å². The molecule has 0 nitrogen and oxygen atoms in total. The molecular weight excluding hydrogens is 211 g/mol. The Morgan fingerprint density at radius 3 is 1.29 bits per heavy atom. The summed E-state index contributed by atoms with van der Waals surface area (Å²) in [5, 5.41) is 2.68. The molecule has 0 bridgehead atoms. The number of benzene rings is 2. The molecule has 0 atom stereocenters. The molecule has 2 heteroatoms. The Bertz CT molecular complexity index is 321. The molecule has 0 fully saturated rings. The maximum absolute atomic E-state index is 2.15. The minimum Gasteiger partial charge on any atom is -0.147 e. The molecule has 2 aromatic rings. The zero-order valence-corrected chi connectivity index (χ0v) is 9.34. The Labute approximate surface area is 92.6 Å². The summed E-state index contributed by atoms with van der Waals surface area (Å²) in [4.78, 5) is 0. The maximum atomic E-state index is 2.15. The first-order valence-corrected chi connectivity index (χ1v) is 5.16. The molecule has 71 valence electrons. The summed E-state index contributed by atoms with van der Waals surface area (Å²) in [5.41, 5.74) is 0. The average Bonchev–Trinajstić information content (AvgIpc) is 2.21. The molecular formula is C12H11ClP. The predicted octanol–water partition coefficient (Wildman–Crippen LogP) is 3.01. The standard InChI is InChI=1S/C12H10P.ClH/c1-3-7-11(8-4-1)13-12-9-5-2-6-10-12;/h1-10H;1H. The number of halogens is 1. The van der Waals surface area contributed by atoms with Crippen molar-refractivity contribution in [1.82, 2.24) is 0 Å². The summed E-state index contributed by atoms with van der Waals surface area (Å²) < 4.78 is 0. The normalized spacial score (nSPS) is 9.14. The predicted molar refractivity (Wildman–Crippen MR) is 66.3 cm³/mol. The van der Waals surface area contributed by atoms with Crippen molar-refractivity contribution in [3.05, 3.63) is 60.7 Å². The van der Waals surface area contributed by atoms with Gasteiger partial charge in [-0.1, -0.05) is 60.7 Å². The zero-order chi connectivity index (χ0) is 8.93. The summed E-state index contributed by atoms with van der Waals surface area (Å²) >= 11 is 0. The van der Waals surface area contributed by atoms with Gasteiger partial charge in [-0.15, -0.1) is 12.4 Å². The first-order valence-electron chi connectivity index (χ1n) is 4.27. The van der Waals surface area contributed by atoms with Crippen molar-refractivity contribution < 1.29 is 0 Å². The van der Waals surface area contributed by atoms with Crippen LogP contribution in [0.3, 0.4) is 0 Å². The monoisotopic (exact) mass is 221 g/mol. The zero-order valence-electron chi connectivity index (χ0n) is 7.63. The Hall–Kier alpha value is -0.840. The van der Waals surface area contributed by atoms with Crippen molar-refractivity contribution in [3.63, 3.8) is 0 Å². The highest BCUT2D eigenvalue weighted by atomic mass is 35.5. The molecule has 2 aromatic carbocycles. The van der Waals surface area contributed by atoms with Crippen molar-refractivity contribution in [3.8, 4) is 0 Å². The molecule has 1 radical (unpaired) electrons. The fourth-order valence-electron chi connectivity index (χ4n) is 1.15. The Morgan fingerprint density at radius 1 is 0.571 bits per heavy atom. The maximum Gasteiger partial charge on any atom is -0.0100 e. The van der Waals surface area contributed by atoms with E-state index in [9.17, 15) is 0 Å². The van der Waals surface area contributed by atoms with E-state index in [2.05, 4.69) is 48.5 Å². The van der Waals surface area contributed by atoms with Gasteiger partial charge < -0.3 is 0 Å². The van der Waals surface area contributed by atoms with Gasteiger partial charge in [0.15, 0.2) is 0 Å². The highest BCUT2D eigenvalue weighted by Gasteiger charge is 1.93. The van der Waals surface area contributed by atoms with Gasteiger partial charge in [-0.25, -0.2) is 0 Å². The molecule has 0 aliphatic heterocycles. The Kier molecular flexibility index (Phi) is 4.65. The fraction of sp³-hybridized carbons (Fsp3) is 0. The van der Waals surface area contributed by atoms with Crippen LogP contribution in [0.25, 0.3) is 0 Å². The molecule has 14 heavy (non-hydrogen) atoms. The van der Waals surface area contributed by atoms with E-state index in [0.29, 0.717) is 0 Å². The van der Waals surface area contributed by atoms with Gasteiger partial charge in [-0.3, -0.25) is 0 Å². The van der Waals surface area contributed by atoms with Crippen LogP contribution < -0.4 is 10.6 Å². The second-order valence-electron chi connectivity index (χ2n) is 2.78. The summed E-state index contributed by atoms with van der Waals surface area (Å²) in [6, 6.07) is 21.0. The molecule has 2 rings (SSSR count). The minimum absolute atomic E-state index is 0. The first kappa shape index (κ1) is 11.2. The van der Waals surface area contributed by atoms with Crippen LogP contribution in [0.2, 0.25) is 0 Å². The lowest BCUT2D eigenvalue weighted by Crippen LogP contribution is -2.01. The highest BCUT2D eigenvalue weighted by Crippen LogP contribution is 2.08. The highest BCUT2D eigenvalue weighted by molar-refractivity contribution is 7.55. The van der Waals surface area contributed by atoms with Crippen molar-refractivity contribution >= 4 is 31.6 Å². The van der Waals surface area contributed by atoms with Crippen molar-refractivity contribution in [2.24, 2.45) is 0 Å². The van der Waals surface area contributed by atoms with Crippen LogP contribution in [0, 0.1) is 0 Å². The van der Waals surface area contributed by atoms with Gasteiger partial charge in [0, 0.05) is 0 Å². The van der Waals surface area contributed by atoms with Gasteiger partial charge in [0.1, 0.15) is 0 Å². The van der Waals surface area contributed by atoms with Gasteiger partial charge in [-0.2, -0.15) is 0 Å². The number of rotatable bonds is 2. The van der Waals surface area contributed by atoms with E-state index in [-0.39, 0.29) is 12.4 Å². The topological polar surface area (TPSA) is 0 Å². The van der Waals surface area contributed by atoms with Crippen LogP contribution in [0.15, 0.2) is 60.7 Å². The third-order valence-corrected chi connectivity index (χ3v) is 2.88. The van der Waals surface area contributed by atoms with Gasteiger partial charge in [0.25, 0.3) is 0 Å². The van der Waals surface area contributed by atoms with Crippen LogP contribution >= 0.6 is 21.0 Å². The van der Waals surface area contributed by atoms with E-state index in [1.54, 1.807) is 0 Å². The van der Waals surface area contributed by atoms with E-state index < -0.39 is 0 Å². The van der Waals surface area contributed by atoms with Crippen LogP contribution in [-0.4, -0.2) is 0 Å².